The molecule has 0 spiro atoms. The summed E-state index contributed by atoms with van der Waals surface area (Å²) in [6, 6.07) is 6.65. The number of rotatable bonds is 5. The SMILES string of the molecule is O=C(NCc1ccc(C(=O)c2ccsc2)s1)C(=O)Nc1ccon1. The number of anilines is 1. The Hall–Kier alpha value is -2.78. The molecule has 0 saturated heterocycles. The quantitative estimate of drug-likeness (QED) is 0.536. The number of nitrogens with one attached hydrogen (secondary N) is 2. The summed E-state index contributed by atoms with van der Waals surface area (Å²) in [6.45, 7) is 0.159. The molecule has 0 atom stereocenters. The Morgan fingerprint density at radius 3 is 2.71 bits per heavy atom. The van der Waals surface area contributed by atoms with Crippen LogP contribution in [0.4, 0.5) is 5.82 Å². The molecule has 0 aromatic carbocycles. The van der Waals surface area contributed by atoms with E-state index in [1.54, 1.807) is 23.6 Å². The van der Waals surface area contributed by atoms with Crippen molar-refractivity contribution in [3.05, 3.63) is 56.6 Å². The molecule has 2 amide bonds. The second kappa shape index (κ2) is 7.20. The number of nitrogens with zero attached hydrogens (tertiary/aromatic N) is 1. The maximum Gasteiger partial charge on any atom is 0.314 e. The number of hydrogen-bond acceptors (Lipinski definition) is 7. The minimum absolute atomic E-state index is 0.0531. The molecule has 0 fully saturated rings. The van der Waals surface area contributed by atoms with Gasteiger partial charge in [0.05, 0.1) is 11.4 Å². The van der Waals surface area contributed by atoms with Crippen LogP contribution in [-0.2, 0) is 16.1 Å². The molecule has 0 bridgehead atoms. The lowest BCUT2D eigenvalue weighted by molar-refractivity contribution is -0.136. The second-order valence-electron chi connectivity index (χ2n) is 4.63. The van der Waals surface area contributed by atoms with Crippen molar-refractivity contribution in [1.82, 2.24) is 10.5 Å². The van der Waals surface area contributed by atoms with E-state index in [0.717, 1.165) is 4.88 Å². The van der Waals surface area contributed by atoms with Gasteiger partial charge in [-0.25, -0.2) is 0 Å². The third-order valence-corrected chi connectivity index (χ3v) is 4.74. The van der Waals surface area contributed by atoms with Crippen LogP contribution in [0.15, 0.2) is 45.8 Å². The summed E-state index contributed by atoms with van der Waals surface area (Å²) in [5.41, 5.74) is 0.643. The predicted molar refractivity (Wildman–Crippen MR) is 89.0 cm³/mol. The van der Waals surface area contributed by atoms with Crippen LogP contribution in [-0.4, -0.2) is 22.8 Å². The highest BCUT2D eigenvalue weighted by atomic mass is 32.1. The van der Waals surface area contributed by atoms with Gasteiger partial charge in [-0.05, 0) is 23.6 Å². The average molecular weight is 361 g/mol. The van der Waals surface area contributed by atoms with Crippen LogP contribution in [0.3, 0.4) is 0 Å². The lowest BCUT2D eigenvalue weighted by atomic mass is 10.2. The lowest BCUT2D eigenvalue weighted by Crippen LogP contribution is -2.34. The van der Waals surface area contributed by atoms with Gasteiger partial charge in [0.1, 0.15) is 6.26 Å². The van der Waals surface area contributed by atoms with Gasteiger partial charge in [0.25, 0.3) is 0 Å². The molecule has 2 N–H and O–H groups in total. The predicted octanol–water partition coefficient (Wildman–Crippen LogP) is 2.28. The lowest BCUT2D eigenvalue weighted by Gasteiger charge is -2.02. The molecule has 0 aliphatic heterocycles. The van der Waals surface area contributed by atoms with E-state index in [1.165, 1.54) is 35.0 Å². The van der Waals surface area contributed by atoms with Crippen LogP contribution in [0, 0.1) is 0 Å². The molecule has 0 unspecified atom stereocenters. The van der Waals surface area contributed by atoms with Gasteiger partial charge in [-0.2, -0.15) is 11.3 Å². The van der Waals surface area contributed by atoms with E-state index in [9.17, 15) is 14.4 Å². The number of carbonyl (C=O) groups excluding carboxylic acids is 3. The van der Waals surface area contributed by atoms with Crippen LogP contribution >= 0.6 is 22.7 Å². The fourth-order valence-electron chi connectivity index (χ4n) is 1.83. The largest absolute Gasteiger partial charge is 0.363 e. The maximum absolute atomic E-state index is 12.2. The third-order valence-electron chi connectivity index (χ3n) is 2.98. The first-order chi connectivity index (χ1) is 11.6. The molecule has 3 aromatic heterocycles. The van der Waals surface area contributed by atoms with E-state index in [-0.39, 0.29) is 18.1 Å². The van der Waals surface area contributed by atoms with Crippen LogP contribution in [0.1, 0.15) is 20.1 Å². The van der Waals surface area contributed by atoms with E-state index in [2.05, 4.69) is 20.3 Å². The van der Waals surface area contributed by atoms with Gasteiger partial charge < -0.3 is 9.84 Å². The van der Waals surface area contributed by atoms with Crippen LogP contribution in [0.25, 0.3) is 0 Å². The van der Waals surface area contributed by atoms with Gasteiger partial charge in [-0.1, -0.05) is 5.16 Å². The van der Waals surface area contributed by atoms with Crippen molar-refractivity contribution in [2.45, 2.75) is 6.54 Å². The van der Waals surface area contributed by atoms with E-state index < -0.39 is 11.8 Å². The number of carbonyl (C=O) groups is 3. The van der Waals surface area contributed by atoms with Crippen LogP contribution in [0.5, 0.6) is 0 Å². The third kappa shape index (κ3) is 3.76. The first kappa shape index (κ1) is 16.1. The summed E-state index contributed by atoms with van der Waals surface area (Å²) >= 11 is 2.74. The second-order valence-corrected chi connectivity index (χ2v) is 6.58. The van der Waals surface area contributed by atoms with E-state index in [1.807, 2.05) is 5.38 Å². The van der Waals surface area contributed by atoms with Gasteiger partial charge in [0.15, 0.2) is 5.82 Å². The van der Waals surface area contributed by atoms with Gasteiger partial charge in [-0.3, -0.25) is 19.7 Å². The van der Waals surface area contributed by atoms with Crippen molar-refractivity contribution in [3.8, 4) is 0 Å². The van der Waals surface area contributed by atoms with E-state index >= 15 is 0 Å². The van der Waals surface area contributed by atoms with Crippen molar-refractivity contribution in [3.63, 3.8) is 0 Å². The first-order valence-electron chi connectivity index (χ1n) is 6.78. The van der Waals surface area contributed by atoms with Gasteiger partial charge in [0.2, 0.25) is 5.78 Å². The van der Waals surface area contributed by atoms with E-state index in [0.29, 0.717) is 10.4 Å². The number of amides is 2. The summed E-state index contributed by atoms with van der Waals surface area (Å²) in [5.74, 6) is -1.52. The zero-order valence-corrected chi connectivity index (χ0v) is 13.8. The molecule has 3 aromatic rings. The molecule has 3 rings (SSSR count). The van der Waals surface area contributed by atoms with Gasteiger partial charge in [-0.15, -0.1) is 11.3 Å². The molecule has 0 saturated carbocycles. The van der Waals surface area contributed by atoms with Crippen molar-refractivity contribution in [2.24, 2.45) is 0 Å². The van der Waals surface area contributed by atoms with Crippen molar-refractivity contribution in [2.75, 3.05) is 5.32 Å². The Morgan fingerprint density at radius 2 is 2.00 bits per heavy atom. The fourth-order valence-corrected chi connectivity index (χ4v) is 3.37. The number of thiophene rings is 2. The Kier molecular flexibility index (Phi) is 4.82. The molecule has 24 heavy (non-hydrogen) atoms. The molecule has 3 heterocycles. The standard InChI is InChI=1S/C15H11N3O4S2/c19-13(9-4-6-23-8-9)11-2-1-10(24-11)7-16-14(20)15(21)17-12-3-5-22-18-12/h1-6,8H,7H2,(H,16,20)(H,17,18,21). The summed E-state index contributed by atoms with van der Waals surface area (Å²) < 4.78 is 4.55. The van der Waals surface area contributed by atoms with Crippen molar-refractivity contribution < 1.29 is 18.9 Å². The molecule has 9 heteroatoms. The van der Waals surface area contributed by atoms with Crippen LogP contribution in [0.2, 0.25) is 0 Å². The molecule has 0 aliphatic carbocycles. The monoisotopic (exact) mass is 361 g/mol. The molecular weight excluding hydrogens is 350 g/mol. The average Bonchev–Trinajstić information content (AvgIpc) is 3.33. The topological polar surface area (TPSA) is 101 Å². The normalized spacial score (nSPS) is 10.3. The molecule has 122 valence electrons. The molecular formula is C15H11N3O4S2. The number of ketones is 1. The smallest absolute Gasteiger partial charge is 0.314 e. The Balaban J connectivity index is 1.54. The summed E-state index contributed by atoms with van der Waals surface area (Å²) in [4.78, 5) is 36.9. The molecule has 7 nitrogen and oxygen atoms in total. The minimum atomic E-state index is -0.838. The molecule has 0 radical (unpaired) electrons. The van der Waals surface area contributed by atoms with Gasteiger partial charge >= 0.3 is 11.8 Å². The maximum atomic E-state index is 12.2. The van der Waals surface area contributed by atoms with Crippen molar-refractivity contribution >= 4 is 46.1 Å². The Morgan fingerprint density at radius 1 is 1.12 bits per heavy atom. The Labute approximate surface area is 144 Å². The van der Waals surface area contributed by atoms with Crippen molar-refractivity contribution in [1.29, 1.82) is 0 Å². The van der Waals surface area contributed by atoms with Crippen LogP contribution < -0.4 is 10.6 Å². The summed E-state index contributed by atoms with van der Waals surface area (Å²) in [6.07, 6.45) is 1.28. The zero-order chi connectivity index (χ0) is 16.9. The van der Waals surface area contributed by atoms with Gasteiger partial charge in [0, 0.05) is 21.9 Å². The molecule has 0 aliphatic rings. The summed E-state index contributed by atoms with van der Waals surface area (Å²) in [5, 5.41) is 11.9. The highest BCUT2D eigenvalue weighted by molar-refractivity contribution is 7.14. The fraction of sp³-hybridized carbons (Fsp3) is 0.0667. The first-order valence-corrected chi connectivity index (χ1v) is 8.54. The number of hydrogen-bond donors (Lipinski definition) is 2. The highest BCUT2D eigenvalue weighted by Crippen LogP contribution is 2.21. The van der Waals surface area contributed by atoms with E-state index in [4.69, 9.17) is 0 Å². The zero-order valence-electron chi connectivity index (χ0n) is 12.1. The minimum Gasteiger partial charge on any atom is -0.363 e. The summed E-state index contributed by atoms with van der Waals surface area (Å²) in [7, 11) is 0. The Bertz CT molecular complexity index is 853. The highest BCUT2D eigenvalue weighted by Gasteiger charge is 2.16. The number of aromatic nitrogens is 1.